The van der Waals surface area contributed by atoms with Gasteiger partial charge in [-0.2, -0.15) is 0 Å². The van der Waals surface area contributed by atoms with Gasteiger partial charge in [0.05, 0.1) is 11.6 Å². The van der Waals surface area contributed by atoms with Gasteiger partial charge in [0.2, 0.25) is 0 Å². The SMILES string of the molecule is CO[C@]12CCC(=O)C[C@H]1N1CCc3c([nH]c4ccccc34)[C@@H]1CC2. The molecular formula is C20H24N2O2. The number of Topliss-reactive ketones (excluding diaryl/α,β-unsaturated/α-hetero) is 1. The average Bonchev–Trinajstić information content (AvgIpc) is 3.00. The first-order valence-electron chi connectivity index (χ1n) is 9.14. The molecule has 1 aromatic heterocycles. The predicted molar refractivity (Wildman–Crippen MR) is 93.1 cm³/mol. The third-order valence-corrected chi connectivity index (χ3v) is 6.70. The van der Waals surface area contributed by atoms with Crippen LogP contribution in [0.5, 0.6) is 0 Å². The number of piperidine rings is 1. The van der Waals surface area contributed by atoms with Crippen LogP contribution in [0.4, 0.5) is 0 Å². The number of methoxy groups -OCH3 is 1. The summed E-state index contributed by atoms with van der Waals surface area (Å²) in [4.78, 5) is 18.4. The number of aromatic nitrogens is 1. The molecule has 3 aliphatic rings. The Morgan fingerprint density at radius 3 is 3.00 bits per heavy atom. The van der Waals surface area contributed by atoms with Crippen molar-refractivity contribution >= 4 is 16.7 Å². The van der Waals surface area contributed by atoms with Gasteiger partial charge in [-0.3, -0.25) is 9.69 Å². The number of aromatic amines is 1. The van der Waals surface area contributed by atoms with Gasteiger partial charge >= 0.3 is 0 Å². The lowest BCUT2D eigenvalue weighted by atomic mass is 9.70. The van der Waals surface area contributed by atoms with Crippen molar-refractivity contribution in [2.24, 2.45) is 0 Å². The van der Waals surface area contributed by atoms with Gasteiger partial charge in [-0.1, -0.05) is 18.2 Å². The zero-order chi connectivity index (χ0) is 16.3. The molecule has 1 saturated heterocycles. The van der Waals surface area contributed by atoms with E-state index >= 15 is 0 Å². The Balaban J connectivity index is 1.58. The molecule has 2 fully saturated rings. The van der Waals surface area contributed by atoms with Crippen LogP contribution in [-0.2, 0) is 16.0 Å². The van der Waals surface area contributed by atoms with Crippen molar-refractivity contribution < 1.29 is 9.53 Å². The number of nitrogens with zero attached hydrogens (tertiary/aromatic N) is 1. The lowest BCUT2D eigenvalue weighted by Gasteiger charge is -2.55. The quantitative estimate of drug-likeness (QED) is 0.875. The Morgan fingerprint density at radius 2 is 2.12 bits per heavy atom. The smallest absolute Gasteiger partial charge is 0.134 e. The predicted octanol–water partition coefficient (Wildman–Crippen LogP) is 3.37. The van der Waals surface area contributed by atoms with Gasteiger partial charge in [0, 0.05) is 49.1 Å². The fraction of sp³-hybridized carbons (Fsp3) is 0.550. The van der Waals surface area contributed by atoms with Gasteiger partial charge in [-0.15, -0.1) is 0 Å². The van der Waals surface area contributed by atoms with Gasteiger partial charge in [0.15, 0.2) is 0 Å². The fourth-order valence-electron chi connectivity index (χ4n) is 5.47. The van der Waals surface area contributed by atoms with Crippen LogP contribution in [0.3, 0.4) is 0 Å². The molecule has 5 rings (SSSR count). The number of nitrogens with one attached hydrogen (secondary N) is 1. The molecule has 2 aliphatic heterocycles. The summed E-state index contributed by atoms with van der Waals surface area (Å²) in [6, 6.07) is 9.26. The Hall–Kier alpha value is -1.65. The second-order valence-corrected chi connectivity index (χ2v) is 7.63. The van der Waals surface area contributed by atoms with E-state index in [9.17, 15) is 4.79 Å². The number of ketones is 1. The molecule has 126 valence electrons. The van der Waals surface area contributed by atoms with Crippen LogP contribution >= 0.6 is 0 Å². The number of carbonyl (C=O) groups is 1. The van der Waals surface area contributed by atoms with E-state index in [-0.39, 0.29) is 11.6 Å². The Morgan fingerprint density at radius 1 is 1.25 bits per heavy atom. The van der Waals surface area contributed by atoms with Crippen molar-refractivity contribution in [3.05, 3.63) is 35.5 Å². The van der Waals surface area contributed by atoms with Crippen LogP contribution in [0.15, 0.2) is 24.3 Å². The van der Waals surface area contributed by atoms with Crippen molar-refractivity contribution in [2.75, 3.05) is 13.7 Å². The van der Waals surface area contributed by atoms with E-state index in [0.717, 1.165) is 32.2 Å². The van der Waals surface area contributed by atoms with E-state index in [1.54, 1.807) is 0 Å². The second-order valence-electron chi connectivity index (χ2n) is 7.63. The van der Waals surface area contributed by atoms with Crippen molar-refractivity contribution in [1.29, 1.82) is 0 Å². The van der Waals surface area contributed by atoms with Crippen molar-refractivity contribution in [3.8, 4) is 0 Å². The van der Waals surface area contributed by atoms with E-state index in [4.69, 9.17) is 4.74 Å². The first kappa shape index (κ1) is 14.7. The molecule has 1 saturated carbocycles. The summed E-state index contributed by atoms with van der Waals surface area (Å²) in [7, 11) is 1.83. The lowest BCUT2D eigenvalue weighted by molar-refractivity contribution is -0.159. The molecule has 4 nitrogen and oxygen atoms in total. The molecule has 3 heterocycles. The highest BCUT2D eigenvalue weighted by Crippen LogP contribution is 2.49. The van der Waals surface area contributed by atoms with Crippen molar-refractivity contribution in [1.82, 2.24) is 9.88 Å². The minimum atomic E-state index is -0.117. The summed E-state index contributed by atoms with van der Waals surface area (Å²) < 4.78 is 6.02. The van der Waals surface area contributed by atoms with Gasteiger partial charge in [-0.05, 0) is 37.3 Å². The normalized spacial score (nSPS) is 33.1. The number of carbonyl (C=O) groups excluding carboxylic acids is 1. The first-order chi connectivity index (χ1) is 11.7. The average molecular weight is 324 g/mol. The van der Waals surface area contributed by atoms with E-state index in [1.807, 2.05) is 7.11 Å². The number of hydrogen-bond donors (Lipinski definition) is 1. The highest BCUT2D eigenvalue weighted by atomic mass is 16.5. The van der Waals surface area contributed by atoms with E-state index in [2.05, 4.69) is 34.1 Å². The molecule has 3 atom stereocenters. The molecular weight excluding hydrogens is 300 g/mol. The zero-order valence-electron chi connectivity index (χ0n) is 14.2. The van der Waals surface area contributed by atoms with Crippen LogP contribution in [0, 0.1) is 0 Å². The second kappa shape index (κ2) is 5.17. The van der Waals surface area contributed by atoms with Gasteiger partial charge in [0.1, 0.15) is 5.78 Å². The minimum Gasteiger partial charge on any atom is -0.377 e. The maximum atomic E-state index is 12.1. The highest BCUT2D eigenvalue weighted by molar-refractivity contribution is 5.85. The van der Waals surface area contributed by atoms with Crippen LogP contribution in [0.25, 0.3) is 10.9 Å². The Kier molecular flexibility index (Phi) is 3.16. The Labute approximate surface area is 142 Å². The molecule has 4 heteroatoms. The summed E-state index contributed by atoms with van der Waals surface area (Å²) >= 11 is 0. The molecule has 0 unspecified atom stereocenters. The molecule has 1 N–H and O–H groups in total. The van der Waals surface area contributed by atoms with Crippen molar-refractivity contribution in [2.45, 2.75) is 56.2 Å². The van der Waals surface area contributed by atoms with Gasteiger partial charge in [0.25, 0.3) is 0 Å². The third-order valence-electron chi connectivity index (χ3n) is 6.70. The van der Waals surface area contributed by atoms with Crippen molar-refractivity contribution in [3.63, 3.8) is 0 Å². The minimum absolute atomic E-state index is 0.117. The topological polar surface area (TPSA) is 45.3 Å². The standard InChI is InChI=1S/C20H24N2O2/c1-24-20-9-6-13(23)12-18(20)22-11-8-15-14-4-2-3-5-16(14)21-19(15)17(22)7-10-20/h2-5,17-18,21H,6-12H2,1H3/t17-,18+,20-/m0/s1. The number of rotatable bonds is 1. The van der Waals surface area contributed by atoms with E-state index < -0.39 is 0 Å². The number of benzene rings is 1. The lowest BCUT2D eigenvalue weighted by Crippen LogP contribution is -2.62. The van der Waals surface area contributed by atoms with Crippen LogP contribution in [-0.4, -0.2) is 41.0 Å². The summed E-state index contributed by atoms with van der Waals surface area (Å²) in [6.07, 6.45) is 5.44. The van der Waals surface area contributed by atoms with Crippen LogP contribution < -0.4 is 0 Å². The maximum absolute atomic E-state index is 12.1. The molecule has 0 spiro atoms. The maximum Gasteiger partial charge on any atom is 0.134 e. The third kappa shape index (κ3) is 1.90. The molecule has 1 aliphatic carbocycles. The summed E-state index contributed by atoms with van der Waals surface area (Å²) in [5, 5.41) is 1.37. The zero-order valence-corrected chi connectivity index (χ0v) is 14.2. The molecule has 0 amide bonds. The number of H-pyrrole nitrogens is 1. The summed E-state index contributed by atoms with van der Waals surface area (Å²) in [6.45, 7) is 1.03. The van der Waals surface area contributed by atoms with Gasteiger partial charge in [-0.25, -0.2) is 0 Å². The summed E-state index contributed by atoms with van der Waals surface area (Å²) in [5.41, 5.74) is 3.99. The van der Waals surface area contributed by atoms with E-state index in [1.165, 1.54) is 22.2 Å². The van der Waals surface area contributed by atoms with E-state index in [0.29, 0.717) is 24.7 Å². The molecule has 0 bridgehead atoms. The summed E-state index contributed by atoms with van der Waals surface area (Å²) in [5.74, 6) is 0.399. The number of ether oxygens (including phenoxy) is 1. The molecule has 1 aromatic carbocycles. The van der Waals surface area contributed by atoms with Crippen LogP contribution in [0.1, 0.15) is 49.4 Å². The van der Waals surface area contributed by atoms with Gasteiger partial charge < -0.3 is 9.72 Å². The van der Waals surface area contributed by atoms with Crippen LogP contribution in [0.2, 0.25) is 0 Å². The number of fused-ring (bicyclic) bond motifs is 7. The highest BCUT2D eigenvalue weighted by Gasteiger charge is 2.52. The monoisotopic (exact) mass is 324 g/mol. The number of hydrogen-bond acceptors (Lipinski definition) is 3. The fourth-order valence-corrected chi connectivity index (χ4v) is 5.47. The molecule has 2 aromatic rings. The Bertz CT molecular complexity index is 811. The first-order valence-corrected chi connectivity index (χ1v) is 9.14. The largest absolute Gasteiger partial charge is 0.377 e. The molecule has 0 radical (unpaired) electrons. The number of para-hydroxylation sites is 1. The molecule has 24 heavy (non-hydrogen) atoms.